The van der Waals surface area contributed by atoms with E-state index in [1.54, 1.807) is 10.7 Å². The first-order chi connectivity index (χ1) is 9.55. The Morgan fingerprint density at radius 3 is 2.80 bits per heavy atom. The van der Waals surface area contributed by atoms with Crippen LogP contribution in [0, 0.1) is 12.7 Å². The molecule has 2 rings (SSSR count). The lowest BCUT2D eigenvalue weighted by Gasteiger charge is -2.09. The van der Waals surface area contributed by atoms with Gasteiger partial charge in [0.15, 0.2) is 0 Å². The quantitative estimate of drug-likeness (QED) is 0.923. The molecule has 0 radical (unpaired) electrons. The molecule has 0 saturated carbocycles. The van der Waals surface area contributed by atoms with E-state index in [9.17, 15) is 4.39 Å². The molecule has 1 aromatic heterocycles. The predicted molar refractivity (Wildman–Crippen MR) is 74.3 cm³/mol. The summed E-state index contributed by atoms with van der Waals surface area (Å²) in [6.07, 6.45) is 0. The molecule has 0 aliphatic heterocycles. The van der Waals surface area contributed by atoms with Crippen molar-refractivity contribution in [2.45, 2.75) is 33.6 Å². The Labute approximate surface area is 121 Å². The highest BCUT2D eigenvalue weighted by Crippen LogP contribution is 2.23. The van der Waals surface area contributed by atoms with Crippen LogP contribution in [0.3, 0.4) is 0 Å². The molecule has 0 aliphatic rings. The van der Waals surface area contributed by atoms with Crippen LogP contribution in [0.25, 0.3) is 0 Å². The molecule has 6 heteroatoms. The van der Waals surface area contributed by atoms with E-state index < -0.39 is 5.82 Å². The van der Waals surface area contributed by atoms with Gasteiger partial charge in [0.2, 0.25) is 0 Å². The fourth-order valence-corrected chi connectivity index (χ4v) is 2.14. The molecule has 0 bridgehead atoms. The van der Waals surface area contributed by atoms with Crippen molar-refractivity contribution in [3.8, 4) is 5.75 Å². The average Bonchev–Trinajstić information content (AvgIpc) is 2.71. The molecule has 0 saturated heterocycles. The lowest BCUT2D eigenvalue weighted by Crippen LogP contribution is -2.06. The summed E-state index contributed by atoms with van der Waals surface area (Å²) in [6.45, 7) is 4.42. The Balaban J connectivity index is 2.18. The normalized spacial score (nSPS) is 10.8. The molecule has 0 spiro atoms. The smallest absolute Gasteiger partial charge is 0.131 e. The number of nitrogens with zero attached hydrogens (tertiary/aromatic N) is 2. The van der Waals surface area contributed by atoms with Gasteiger partial charge in [0, 0.05) is 12.6 Å². The molecule has 0 fully saturated rings. The van der Waals surface area contributed by atoms with Crippen LogP contribution >= 0.6 is 11.6 Å². The molecular weight excluding hydrogens is 283 g/mol. The molecule has 0 amide bonds. The van der Waals surface area contributed by atoms with Crippen molar-refractivity contribution in [3.63, 3.8) is 0 Å². The van der Waals surface area contributed by atoms with Crippen molar-refractivity contribution in [1.82, 2.24) is 9.78 Å². The number of aryl methyl sites for hydroxylation is 2. The summed E-state index contributed by atoms with van der Waals surface area (Å²) < 4.78 is 20.6. The molecule has 0 unspecified atom stereocenters. The van der Waals surface area contributed by atoms with Crippen LogP contribution in [0.5, 0.6) is 5.75 Å². The van der Waals surface area contributed by atoms with E-state index in [-0.39, 0.29) is 13.2 Å². The molecular formula is C14H16ClFN2O2. The van der Waals surface area contributed by atoms with Gasteiger partial charge >= 0.3 is 0 Å². The molecule has 1 N–H and O–H groups in total. The van der Waals surface area contributed by atoms with E-state index in [2.05, 4.69) is 5.10 Å². The standard InChI is InChI=1S/C14H16ClFN2O2/c1-3-18-13(14(15)9(2)17-18)8-20-12-5-10(7-19)4-11(16)6-12/h4-6,19H,3,7-8H2,1-2H3. The number of aliphatic hydroxyl groups is 1. The van der Waals surface area contributed by atoms with Crippen molar-refractivity contribution >= 4 is 11.6 Å². The van der Waals surface area contributed by atoms with Crippen molar-refractivity contribution < 1.29 is 14.2 Å². The monoisotopic (exact) mass is 298 g/mol. The summed E-state index contributed by atoms with van der Waals surface area (Å²) in [7, 11) is 0. The van der Waals surface area contributed by atoms with Gasteiger partial charge in [-0.2, -0.15) is 5.10 Å². The molecule has 0 atom stereocenters. The first-order valence-electron chi connectivity index (χ1n) is 6.30. The van der Waals surface area contributed by atoms with Crippen LogP contribution in [-0.2, 0) is 19.8 Å². The maximum atomic E-state index is 13.3. The van der Waals surface area contributed by atoms with E-state index in [1.807, 2.05) is 13.8 Å². The number of hydrogen-bond acceptors (Lipinski definition) is 3. The Morgan fingerprint density at radius 1 is 1.40 bits per heavy atom. The summed E-state index contributed by atoms with van der Waals surface area (Å²) >= 11 is 6.17. The van der Waals surface area contributed by atoms with Crippen LogP contribution in [0.15, 0.2) is 18.2 Å². The third kappa shape index (κ3) is 3.11. The van der Waals surface area contributed by atoms with Gasteiger partial charge in [0.25, 0.3) is 0 Å². The van der Waals surface area contributed by atoms with Crippen molar-refractivity contribution in [3.05, 3.63) is 46.0 Å². The number of ether oxygens (including phenoxy) is 1. The number of hydrogen-bond donors (Lipinski definition) is 1. The molecule has 2 aromatic rings. The summed E-state index contributed by atoms with van der Waals surface area (Å²) in [5.41, 5.74) is 1.95. The number of aliphatic hydroxyl groups excluding tert-OH is 1. The van der Waals surface area contributed by atoms with Crippen LogP contribution in [0.1, 0.15) is 23.9 Å². The lowest BCUT2D eigenvalue weighted by molar-refractivity contribution is 0.274. The van der Waals surface area contributed by atoms with Gasteiger partial charge in [0.05, 0.1) is 23.0 Å². The zero-order chi connectivity index (χ0) is 14.7. The minimum Gasteiger partial charge on any atom is -0.487 e. The second-order valence-corrected chi connectivity index (χ2v) is 4.78. The lowest BCUT2D eigenvalue weighted by atomic mass is 10.2. The Kier molecular flexibility index (Phi) is 4.62. The largest absolute Gasteiger partial charge is 0.487 e. The first kappa shape index (κ1) is 14.8. The molecule has 20 heavy (non-hydrogen) atoms. The van der Waals surface area contributed by atoms with Crippen molar-refractivity contribution in [2.24, 2.45) is 0 Å². The molecule has 4 nitrogen and oxygen atoms in total. The van der Waals surface area contributed by atoms with Gasteiger partial charge in [-0.3, -0.25) is 4.68 Å². The second kappa shape index (κ2) is 6.24. The zero-order valence-electron chi connectivity index (χ0n) is 11.4. The zero-order valence-corrected chi connectivity index (χ0v) is 12.1. The van der Waals surface area contributed by atoms with Crippen LogP contribution in [0.4, 0.5) is 4.39 Å². The van der Waals surface area contributed by atoms with E-state index in [1.165, 1.54) is 12.1 Å². The SMILES string of the molecule is CCn1nc(C)c(Cl)c1COc1cc(F)cc(CO)c1. The third-order valence-corrected chi connectivity index (χ3v) is 3.43. The van der Waals surface area contributed by atoms with Crippen LogP contribution < -0.4 is 4.74 Å². The fraction of sp³-hybridized carbons (Fsp3) is 0.357. The summed E-state index contributed by atoms with van der Waals surface area (Å²) in [6, 6.07) is 4.13. The Morgan fingerprint density at radius 2 is 2.15 bits per heavy atom. The average molecular weight is 299 g/mol. The van der Waals surface area contributed by atoms with Crippen molar-refractivity contribution in [1.29, 1.82) is 0 Å². The molecule has 1 aromatic carbocycles. The minimum atomic E-state index is -0.446. The molecule has 1 heterocycles. The number of rotatable bonds is 5. The maximum Gasteiger partial charge on any atom is 0.131 e. The summed E-state index contributed by atoms with van der Waals surface area (Å²) in [5.74, 6) is -0.0931. The molecule has 108 valence electrons. The Bertz CT molecular complexity index is 613. The number of benzene rings is 1. The topological polar surface area (TPSA) is 47.3 Å². The van der Waals surface area contributed by atoms with E-state index in [0.29, 0.717) is 22.9 Å². The molecule has 0 aliphatic carbocycles. The van der Waals surface area contributed by atoms with Gasteiger partial charge in [0.1, 0.15) is 18.2 Å². The summed E-state index contributed by atoms with van der Waals surface area (Å²) in [4.78, 5) is 0. The highest BCUT2D eigenvalue weighted by atomic mass is 35.5. The Hall–Kier alpha value is -1.59. The van der Waals surface area contributed by atoms with Gasteiger partial charge < -0.3 is 9.84 Å². The summed E-state index contributed by atoms with van der Waals surface area (Å²) in [5, 5.41) is 13.9. The third-order valence-electron chi connectivity index (χ3n) is 2.94. The van der Waals surface area contributed by atoms with Crippen LogP contribution in [-0.4, -0.2) is 14.9 Å². The number of aromatic nitrogens is 2. The van der Waals surface area contributed by atoms with Gasteiger partial charge in [-0.1, -0.05) is 11.6 Å². The first-order valence-corrected chi connectivity index (χ1v) is 6.67. The van der Waals surface area contributed by atoms with E-state index >= 15 is 0 Å². The maximum absolute atomic E-state index is 13.3. The van der Waals surface area contributed by atoms with Crippen LogP contribution in [0.2, 0.25) is 5.02 Å². The van der Waals surface area contributed by atoms with Gasteiger partial charge in [-0.15, -0.1) is 0 Å². The van der Waals surface area contributed by atoms with E-state index in [4.69, 9.17) is 21.4 Å². The van der Waals surface area contributed by atoms with Crippen molar-refractivity contribution in [2.75, 3.05) is 0 Å². The highest BCUT2D eigenvalue weighted by molar-refractivity contribution is 6.31. The van der Waals surface area contributed by atoms with E-state index in [0.717, 1.165) is 11.4 Å². The predicted octanol–water partition coefficient (Wildman–Crippen LogP) is 3.08. The number of halogens is 2. The second-order valence-electron chi connectivity index (χ2n) is 4.40. The fourth-order valence-electron chi connectivity index (χ4n) is 1.95. The highest BCUT2D eigenvalue weighted by Gasteiger charge is 2.13. The minimum absolute atomic E-state index is 0.196. The van der Waals surface area contributed by atoms with Gasteiger partial charge in [-0.05, 0) is 31.5 Å². The van der Waals surface area contributed by atoms with Gasteiger partial charge in [-0.25, -0.2) is 4.39 Å².